The number of rotatable bonds is 7. The van der Waals surface area contributed by atoms with E-state index in [1.165, 1.54) is 0 Å². The van der Waals surface area contributed by atoms with Gasteiger partial charge in [0.25, 0.3) is 0 Å². The van der Waals surface area contributed by atoms with Crippen LogP contribution in [0.3, 0.4) is 0 Å². The van der Waals surface area contributed by atoms with Crippen LogP contribution in [0, 0.1) is 0 Å². The smallest absolute Gasteiger partial charge is 0.407 e. The van der Waals surface area contributed by atoms with Crippen LogP contribution < -0.4 is 11.1 Å². The van der Waals surface area contributed by atoms with Crippen molar-refractivity contribution in [3.63, 3.8) is 0 Å². The van der Waals surface area contributed by atoms with E-state index in [9.17, 15) is 15.0 Å². The summed E-state index contributed by atoms with van der Waals surface area (Å²) in [4.78, 5) is 12.4. The van der Waals surface area contributed by atoms with Crippen molar-refractivity contribution in [2.45, 2.75) is 18.1 Å². The van der Waals surface area contributed by atoms with E-state index in [2.05, 4.69) is 17.4 Å². The van der Waals surface area contributed by atoms with E-state index in [1.807, 2.05) is 36.4 Å². The molecule has 7 heteroatoms. The van der Waals surface area contributed by atoms with E-state index in [0.717, 1.165) is 22.3 Å². The zero-order valence-electron chi connectivity index (χ0n) is 17.3. The first kappa shape index (κ1) is 22.0. The minimum Gasteiger partial charge on any atom is -0.449 e. The van der Waals surface area contributed by atoms with Crippen LogP contribution in [0.25, 0.3) is 11.1 Å². The molecule has 3 aromatic rings. The number of nitrogens with two attached hydrogens (primary N) is 1. The van der Waals surface area contributed by atoms with Gasteiger partial charge in [-0.05, 0) is 27.8 Å². The molecule has 1 aliphatic carbocycles. The zero-order chi connectivity index (χ0) is 22.7. The van der Waals surface area contributed by atoms with Crippen molar-refractivity contribution in [1.29, 1.82) is 0 Å². The van der Waals surface area contributed by atoms with E-state index >= 15 is 0 Å². The zero-order valence-corrected chi connectivity index (χ0v) is 18.1. The SMILES string of the molecule is NC(=S)c1ccccc1C(O)C(O)CNC(=O)OCC1c2ccccc2-c2ccccc21. The van der Waals surface area contributed by atoms with Crippen LogP contribution in [0.2, 0.25) is 0 Å². The Morgan fingerprint density at radius 3 is 2.16 bits per heavy atom. The highest BCUT2D eigenvalue weighted by Crippen LogP contribution is 2.44. The van der Waals surface area contributed by atoms with Gasteiger partial charge >= 0.3 is 6.09 Å². The molecule has 0 saturated heterocycles. The molecule has 0 saturated carbocycles. The second kappa shape index (κ2) is 9.48. The largest absolute Gasteiger partial charge is 0.449 e. The lowest BCUT2D eigenvalue weighted by Gasteiger charge is -2.21. The Morgan fingerprint density at radius 1 is 0.969 bits per heavy atom. The van der Waals surface area contributed by atoms with Gasteiger partial charge in [-0.25, -0.2) is 4.79 Å². The quantitative estimate of drug-likeness (QED) is 0.414. The third-order valence-electron chi connectivity index (χ3n) is 5.71. The Hall–Kier alpha value is -3.26. The van der Waals surface area contributed by atoms with Gasteiger partial charge in [-0.15, -0.1) is 0 Å². The van der Waals surface area contributed by atoms with Crippen LogP contribution in [-0.4, -0.2) is 40.6 Å². The normalized spacial score (nSPS) is 14.2. The molecule has 0 spiro atoms. The lowest BCUT2D eigenvalue weighted by atomic mass is 9.98. The van der Waals surface area contributed by atoms with Crippen LogP contribution >= 0.6 is 12.2 Å². The molecule has 0 aromatic heterocycles. The minimum absolute atomic E-state index is 0.0545. The molecule has 164 valence electrons. The van der Waals surface area contributed by atoms with Gasteiger partial charge < -0.3 is 26.0 Å². The highest BCUT2D eigenvalue weighted by atomic mass is 32.1. The molecule has 0 fully saturated rings. The van der Waals surface area contributed by atoms with E-state index < -0.39 is 18.3 Å². The second-order valence-corrected chi connectivity index (χ2v) is 8.11. The fourth-order valence-electron chi connectivity index (χ4n) is 4.14. The van der Waals surface area contributed by atoms with Crippen molar-refractivity contribution in [3.8, 4) is 11.1 Å². The molecule has 1 aliphatic rings. The lowest BCUT2D eigenvalue weighted by molar-refractivity contribution is 0.0184. The molecule has 1 amide bonds. The molecular formula is C25H24N2O4S. The molecule has 0 bridgehead atoms. The van der Waals surface area contributed by atoms with Gasteiger partial charge in [0.05, 0.1) is 0 Å². The Kier molecular flexibility index (Phi) is 6.50. The van der Waals surface area contributed by atoms with Gasteiger partial charge in [0.15, 0.2) is 0 Å². The molecule has 32 heavy (non-hydrogen) atoms. The monoisotopic (exact) mass is 448 g/mol. The Balaban J connectivity index is 1.36. The topological polar surface area (TPSA) is 105 Å². The number of carbonyl (C=O) groups is 1. The summed E-state index contributed by atoms with van der Waals surface area (Å²) in [5, 5.41) is 23.4. The Labute approximate surface area is 191 Å². The van der Waals surface area contributed by atoms with Crippen LogP contribution in [0.15, 0.2) is 72.8 Å². The number of nitrogens with one attached hydrogen (secondary N) is 1. The first-order valence-electron chi connectivity index (χ1n) is 10.3. The summed E-state index contributed by atoms with van der Waals surface area (Å²) >= 11 is 5.00. The van der Waals surface area contributed by atoms with Crippen LogP contribution in [0.4, 0.5) is 4.79 Å². The Morgan fingerprint density at radius 2 is 1.53 bits per heavy atom. The third kappa shape index (κ3) is 4.36. The number of benzene rings is 3. The van der Waals surface area contributed by atoms with Crippen molar-refractivity contribution in [1.82, 2.24) is 5.32 Å². The van der Waals surface area contributed by atoms with Gasteiger partial charge in [0.1, 0.15) is 23.8 Å². The van der Waals surface area contributed by atoms with Gasteiger partial charge in [0, 0.05) is 18.0 Å². The van der Waals surface area contributed by atoms with E-state index in [4.69, 9.17) is 22.7 Å². The fourth-order valence-corrected chi connectivity index (χ4v) is 4.32. The van der Waals surface area contributed by atoms with Crippen LogP contribution in [0.1, 0.15) is 34.3 Å². The average molecular weight is 449 g/mol. The maximum absolute atomic E-state index is 12.3. The number of carbonyl (C=O) groups excluding carboxylic acids is 1. The van der Waals surface area contributed by atoms with E-state index in [1.54, 1.807) is 24.3 Å². The number of amides is 1. The summed E-state index contributed by atoms with van der Waals surface area (Å²) in [6.45, 7) is -0.0215. The third-order valence-corrected chi connectivity index (χ3v) is 5.93. The van der Waals surface area contributed by atoms with Gasteiger partial charge in [-0.1, -0.05) is 85.0 Å². The summed E-state index contributed by atoms with van der Waals surface area (Å²) in [7, 11) is 0. The molecule has 0 aliphatic heterocycles. The summed E-state index contributed by atoms with van der Waals surface area (Å²) in [6, 6.07) is 22.9. The highest BCUT2D eigenvalue weighted by Gasteiger charge is 2.29. The molecular weight excluding hydrogens is 424 g/mol. The summed E-state index contributed by atoms with van der Waals surface area (Å²) < 4.78 is 5.45. The number of alkyl carbamates (subject to hydrolysis) is 1. The number of hydrogen-bond acceptors (Lipinski definition) is 5. The number of thiocarbonyl (C=S) groups is 1. The molecule has 0 radical (unpaired) electrons. The lowest BCUT2D eigenvalue weighted by Crippen LogP contribution is -2.36. The van der Waals surface area contributed by atoms with Gasteiger partial charge in [-0.2, -0.15) is 0 Å². The van der Waals surface area contributed by atoms with Crippen LogP contribution in [0.5, 0.6) is 0 Å². The molecule has 2 atom stereocenters. The van der Waals surface area contributed by atoms with Crippen molar-refractivity contribution < 1.29 is 19.7 Å². The molecule has 3 aromatic carbocycles. The molecule has 2 unspecified atom stereocenters. The maximum Gasteiger partial charge on any atom is 0.407 e. The van der Waals surface area contributed by atoms with E-state index in [-0.39, 0.29) is 24.1 Å². The fraction of sp³-hybridized carbons (Fsp3) is 0.200. The van der Waals surface area contributed by atoms with Crippen molar-refractivity contribution in [3.05, 3.63) is 95.1 Å². The molecule has 0 heterocycles. The summed E-state index contributed by atoms with van der Waals surface area (Å²) in [5.74, 6) is -0.0545. The average Bonchev–Trinajstić information content (AvgIpc) is 3.14. The predicted octanol–water partition coefficient (Wildman–Crippen LogP) is 3.25. The number of aliphatic hydroxyl groups excluding tert-OH is 2. The molecule has 6 nitrogen and oxygen atoms in total. The van der Waals surface area contributed by atoms with Gasteiger partial charge in [0.2, 0.25) is 0 Å². The summed E-state index contributed by atoms with van der Waals surface area (Å²) in [6.07, 6.45) is -3.19. The number of ether oxygens (including phenoxy) is 1. The van der Waals surface area contributed by atoms with Crippen molar-refractivity contribution in [2.24, 2.45) is 5.73 Å². The maximum atomic E-state index is 12.3. The van der Waals surface area contributed by atoms with Gasteiger partial charge in [-0.3, -0.25) is 0 Å². The van der Waals surface area contributed by atoms with Crippen molar-refractivity contribution >= 4 is 23.3 Å². The molecule has 4 rings (SSSR count). The first-order chi connectivity index (χ1) is 15.5. The number of hydrogen-bond donors (Lipinski definition) is 4. The number of fused-ring (bicyclic) bond motifs is 3. The number of aliphatic hydroxyl groups is 2. The van der Waals surface area contributed by atoms with Crippen molar-refractivity contribution in [2.75, 3.05) is 13.2 Å². The predicted molar refractivity (Wildman–Crippen MR) is 126 cm³/mol. The highest BCUT2D eigenvalue weighted by molar-refractivity contribution is 7.80. The van der Waals surface area contributed by atoms with Crippen LogP contribution in [-0.2, 0) is 4.74 Å². The Bertz CT molecular complexity index is 1100. The first-order valence-corrected chi connectivity index (χ1v) is 10.7. The minimum atomic E-state index is -1.26. The molecule has 5 N–H and O–H groups in total. The summed E-state index contributed by atoms with van der Waals surface area (Å²) in [5.41, 5.74) is 11.1. The van der Waals surface area contributed by atoms with E-state index in [0.29, 0.717) is 11.1 Å². The second-order valence-electron chi connectivity index (χ2n) is 7.67. The standard InChI is InChI=1S/C25H24N2O4S/c26-24(32)20-12-6-5-11-19(20)23(29)22(28)13-27-25(30)31-14-21-17-9-3-1-7-15(17)16-8-2-4-10-18(16)21/h1-12,21-23,28-29H,13-14H2,(H2,26,32)(H,27,30).